The lowest BCUT2D eigenvalue weighted by atomic mass is 10.4. The van der Waals surface area contributed by atoms with Crippen LogP contribution in [0.5, 0.6) is 0 Å². The Kier molecular flexibility index (Phi) is 5.69. The topological polar surface area (TPSA) is 61.9 Å². The van der Waals surface area contributed by atoms with Crippen molar-refractivity contribution in [3.63, 3.8) is 0 Å². The molecule has 1 saturated heterocycles. The van der Waals surface area contributed by atoms with Crippen molar-refractivity contribution in [2.75, 3.05) is 63.3 Å². The van der Waals surface area contributed by atoms with Crippen LogP contribution in [-0.2, 0) is 27.5 Å². The van der Waals surface area contributed by atoms with Gasteiger partial charge in [0, 0.05) is 42.7 Å². The van der Waals surface area contributed by atoms with E-state index in [1.165, 1.54) is 0 Å². The molecule has 20 heavy (non-hydrogen) atoms. The van der Waals surface area contributed by atoms with Gasteiger partial charge in [-0.05, 0) is 14.1 Å². The fourth-order valence-electron chi connectivity index (χ4n) is 2.99. The van der Waals surface area contributed by atoms with E-state index in [9.17, 15) is 0 Å². The van der Waals surface area contributed by atoms with Crippen LogP contribution in [0.1, 0.15) is 0 Å². The summed E-state index contributed by atoms with van der Waals surface area (Å²) in [7, 11) is 9.84. The summed E-state index contributed by atoms with van der Waals surface area (Å²) < 4.78 is 33.7. The number of hydrogen-bond acceptors (Lipinski definition) is 8. The largest absolute Gasteiger partial charge is 0.567 e. The third-order valence-corrected chi connectivity index (χ3v) is 7.38. The quantitative estimate of drug-likeness (QED) is 0.462. The van der Waals surface area contributed by atoms with Gasteiger partial charge in [0.15, 0.2) is 0 Å². The number of ether oxygens (including phenoxy) is 3. The molecule has 0 bridgehead atoms. The number of hydrogen-bond donors (Lipinski definition) is 0. The van der Waals surface area contributed by atoms with Gasteiger partial charge in [0.05, 0.1) is 6.54 Å². The molecule has 120 valence electrons. The molecule has 8 nitrogen and oxygen atoms in total. The first-order valence-corrected chi connectivity index (χ1v) is 7.88. The molecule has 0 aliphatic carbocycles. The molecule has 1 aliphatic rings. The number of likely N-dealkylation sites (N-methyl/N-ethyl adjacent to an activating group) is 2. The molecule has 0 aromatic heterocycles. The highest BCUT2D eigenvalue weighted by molar-refractivity contribution is 6.63. The van der Waals surface area contributed by atoms with Gasteiger partial charge in [0.25, 0.3) is 5.47 Å². The first-order chi connectivity index (χ1) is 9.40. The predicted octanol–water partition coefficient (Wildman–Crippen LogP) is -0.472. The van der Waals surface area contributed by atoms with Gasteiger partial charge in [-0.3, -0.25) is 4.90 Å². The van der Waals surface area contributed by atoms with Crippen molar-refractivity contribution in [1.29, 1.82) is 0 Å². The Morgan fingerprint density at radius 3 is 1.50 bits per heavy atom. The maximum atomic E-state index is 5.80. The van der Waals surface area contributed by atoms with Crippen LogP contribution in [0.25, 0.3) is 0 Å². The molecule has 1 unspecified atom stereocenters. The van der Waals surface area contributed by atoms with Gasteiger partial charge < -0.3 is 27.5 Å². The zero-order valence-corrected chi connectivity index (χ0v) is 14.6. The van der Waals surface area contributed by atoms with Crippen molar-refractivity contribution in [3.8, 4) is 0 Å². The summed E-state index contributed by atoms with van der Waals surface area (Å²) in [4.78, 5) is 3.70. The summed E-state index contributed by atoms with van der Waals surface area (Å²) in [5.74, 6) is -0.974. The summed E-state index contributed by atoms with van der Waals surface area (Å²) in [6, 6.07) is 0. The lowest BCUT2D eigenvalue weighted by molar-refractivity contribution is -0.301. The molecule has 9 heteroatoms. The molecule has 0 aromatic rings. The van der Waals surface area contributed by atoms with E-state index < -0.39 is 20.2 Å². The monoisotopic (exact) mass is 310 g/mol. The first-order valence-electron chi connectivity index (χ1n) is 6.16. The molecule has 0 aromatic carbocycles. The van der Waals surface area contributed by atoms with Crippen LogP contribution in [0.3, 0.4) is 0 Å². The molecule has 1 aliphatic heterocycles. The Morgan fingerprint density at radius 2 is 1.25 bits per heavy atom. The Morgan fingerprint density at radius 1 is 0.800 bits per heavy atom. The number of methoxy groups -OCH3 is 3. The van der Waals surface area contributed by atoms with E-state index in [0.29, 0.717) is 6.54 Å². The van der Waals surface area contributed by atoms with Gasteiger partial charge in [-0.1, -0.05) is 0 Å². The summed E-state index contributed by atoms with van der Waals surface area (Å²) in [5.41, 5.74) is -1.06. The van der Waals surface area contributed by atoms with Crippen LogP contribution in [0, 0.1) is 0 Å². The highest BCUT2D eigenvalue weighted by Gasteiger charge is 2.74. The molecule has 1 fully saturated rings. The minimum Gasteiger partial charge on any atom is -0.374 e. The standard InChI is InChI=1S/C11H26N2O6Si/c1-12-9-10(14-3,15-4)13(2)11(12,16-5)20(17-6,18-7)19-8/h9H2,1-8H3. The molecular formula is C11H26N2O6Si. The van der Waals surface area contributed by atoms with Crippen molar-refractivity contribution < 1.29 is 27.5 Å². The van der Waals surface area contributed by atoms with E-state index in [1.807, 2.05) is 19.0 Å². The van der Waals surface area contributed by atoms with Crippen LogP contribution in [0.15, 0.2) is 0 Å². The van der Waals surface area contributed by atoms with Gasteiger partial charge >= 0.3 is 8.80 Å². The molecule has 0 amide bonds. The molecule has 0 saturated carbocycles. The summed E-state index contributed by atoms with van der Waals surface area (Å²) in [6.07, 6.45) is 0. The van der Waals surface area contributed by atoms with Crippen LogP contribution in [0.4, 0.5) is 0 Å². The van der Waals surface area contributed by atoms with Crippen molar-refractivity contribution in [3.05, 3.63) is 0 Å². The van der Waals surface area contributed by atoms with Crippen LogP contribution in [-0.4, -0.2) is 93.3 Å². The third kappa shape index (κ3) is 2.05. The van der Waals surface area contributed by atoms with Gasteiger partial charge in [-0.25, -0.2) is 4.90 Å². The van der Waals surface area contributed by atoms with E-state index in [0.717, 1.165) is 0 Å². The van der Waals surface area contributed by atoms with E-state index in [1.54, 1.807) is 47.6 Å². The van der Waals surface area contributed by atoms with E-state index in [4.69, 9.17) is 27.5 Å². The Bertz CT molecular complexity index is 318. The SMILES string of the molecule is COC1(OC)CN(C)C(OC)([Si](OC)(OC)OC)N1C. The number of nitrogens with zero attached hydrogens (tertiary/aromatic N) is 2. The van der Waals surface area contributed by atoms with E-state index in [2.05, 4.69) is 0 Å². The summed E-state index contributed by atoms with van der Waals surface area (Å²) in [6.45, 7) is 0.440. The molecule has 0 spiro atoms. The Hall–Kier alpha value is -0.103. The average Bonchev–Trinajstić information content (AvgIpc) is 2.71. The molecule has 1 atom stereocenters. The minimum absolute atomic E-state index is 0.440. The molecule has 1 rings (SSSR count). The number of rotatable bonds is 7. The van der Waals surface area contributed by atoms with Crippen molar-refractivity contribution in [1.82, 2.24) is 9.80 Å². The van der Waals surface area contributed by atoms with Crippen LogP contribution < -0.4 is 0 Å². The normalized spacial score (nSPS) is 28.2. The minimum atomic E-state index is -3.21. The maximum absolute atomic E-state index is 5.80. The zero-order valence-electron chi connectivity index (χ0n) is 13.6. The predicted molar refractivity (Wildman–Crippen MR) is 73.7 cm³/mol. The Balaban J connectivity index is 3.42. The van der Waals surface area contributed by atoms with Crippen LogP contribution >= 0.6 is 0 Å². The Labute approximate surface area is 121 Å². The molecule has 0 N–H and O–H groups in total. The smallest absolute Gasteiger partial charge is 0.374 e. The fraction of sp³-hybridized carbons (Fsp3) is 1.00. The second-order valence-electron chi connectivity index (χ2n) is 4.52. The summed E-state index contributed by atoms with van der Waals surface area (Å²) >= 11 is 0. The third-order valence-electron chi connectivity index (χ3n) is 4.05. The van der Waals surface area contributed by atoms with Gasteiger partial charge in [0.2, 0.25) is 5.91 Å². The van der Waals surface area contributed by atoms with E-state index >= 15 is 0 Å². The average molecular weight is 310 g/mol. The fourth-order valence-corrected chi connectivity index (χ4v) is 5.67. The maximum Gasteiger partial charge on any atom is 0.567 e. The van der Waals surface area contributed by atoms with E-state index in [-0.39, 0.29) is 0 Å². The first kappa shape index (κ1) is 17.9. The van der Waals surface area contributed by atoms with Gasteiger partial charge in [-0.15, -0.1) is 0 Å². The second-order valence-corrected chi connectivity index (χ2v) is 7.51. The summed E-state index contributed by atoms with van der Waals surface area (Å²) in [5, 5.41) is 0. The van der Waals surface area contributed by atoms with Gasteiger partial charge in [-0.2, -0.15) is 0 Å². The van der Waals surface area contributed by atoms with Crippen molar-refractivity contribution in [2.45, 2.75) is 11.4 Å². The lowest BCUT2D eigenvalue weighted by Crippen LogP contribution is -2.76. The zero-order chi connectivity index (χ0) is 15.6. The lowest BCUT2D eigenvalue weighted by Gasteiger charge is -2.47. The second kappa shape index (κ2) is 6.34. The van der Waals surface area contributed by atoms with Crippen molar-refractivity contribution in [2.24, 2.45) is 0 Å². The molecule has 0 radical (unpaired) electrons. The van der Waals surface area contributed by atoms with Crippen molar-refractivity contribution >= 4 is 8.80 Å². The highest BCUT2D eigenvalue weighted by Crippen LogP contribution is 2.43. The molecule has 1 heterocycles. The van der Waals surface area contributed by atoms with Crippen LogP contribution in [0.2, 0.25) is 0 Å². The molecular weight excluding hydrogens is 284 g/mol. The highest BCUT2D eigenvalue weighted by atomic mass is 28.4. The van der Waals surface area contributed by atoms with Gasteiger partial charge in [0.1, 0.15) is 0 Å².